The lowest BCUT2D eigenvalue weighted by molar-refractivity contribution is -0.136. The Morgan fingerprint density at radius 3 is 2.73 bits per heavy atom. The second-order valence-electron chi connectivity index (χ2n) is 6.82. The van der Waals surface area contributed by atoms with Gasteiger partial charge in [0, 0.05) is 38.2 Å². The third kappa shape index (κ3) is 4.11. The van der Waals surface area contributed by atoms with Crippen molar-refractivity contribution in [2.75, 3.05) is 19.6 Å². The highest BCUT2D eigenvalue weighted by Crippen LogP contribution is 2.28. The molecular formula is C19H26N4O3. The summed E-state index contributed by atoms with van der Waals surface area (Å²) in [6.45, 7) is 6.07. The van der Waals surface area contributed by atoms with E-state index >= 15 is 0 Å². The van der Waals surface area contributed by atoms with Crippen LogP contribution in [0.4, 0.5) is 0 Å². The molecule has 3 amide bonds. The molecule has 3 rings (SSSR count). The fraction of sp³-hybridized carbons (Fsp3) is 0.526. The van der Waals surface area contributed by atoms with Crippen molar-refractivity contribution in [3.8, 4) is 0 Å². The van der Waals surface area contributed by atoms with E-state index in [4.69, 9.17) is 0 Å². The SMILES string of the molecule is CCCNCCNCc1ccc2c(c1)C(=O)N(C1CCC(=O)NC1=O)C2. The number of nitrogens with zero attached hydrogens (tertiary/aromatic N) is 1. The topological polar surface area (TPSA) is 90.5 Å². The van der Waals surface area contributed by atoms with Crippen LogP contribution in [-0.2, 0) is 22.7 Å². The summed E-state index contributed by atoms with van der Waals surface area (Å²) in [6, 6.07) is 5.34. The number of nitrogens with one attached hydrogen (secondary N) is 3. The van der Waals surface area contributed by atoms with Crippen LogP contribution in [0.15, 0.2) is 18.2 Å². The van der Waals surface area contributed by atoms with Crippen molar-refractivity contribution in [1.29, 1.82) is 0 Å². The average molecular weight is 358 g/mol. The maximum absolute atomic E-state index is 12.8. The second-order valence-corrected chi connectivity index (χ2v) is 6.82. The van der Waals surface area contributed by atoms with Crippen LogP contribution in [0.2, 0.25) is 0 Å². The molecule has 0 bridgehead atoms. The number of piperidine rings is 1. The lowest BCUT2D eigenvalue weighted by atomic mass is 10.0. The average Bonchev–Trinajstić information content (AvgIpc) is 2.94. The molecule has 26 heavy (non-hydrogen) atoms. The zero-order chi connectivity index (χ0) is 18.5. The monoisotopic (exact) mass is 358 g/mol. The summed E-state index contributed by atoms with van der Waals surface area (Å²) in [4.78, 5) is 37.7. The van der Waals surface area contributed by atoms with Crippen LogP contribution in [0.5, 0.6) is 0 Å². The Kier molecular flexibility index (Phi) is 6.00. The maximum atomic E-state index is 12.8. The normalized spacial score (nSPS) is 19.7. The van der Waals surface area contributed by atoms with Gasteiger partial charge in [-0.15, -0.1) is 0 Å². The fourth-order valence-electron chi connectivity index (χ4n) is 3.42. The van der Waals surface area contributed by atoms with Gasteiger partial charge < -0.3 is 15.5 Å². The number of rotatable bonds is 8. The molecule has 1 saturated heterocycles. The van der Waals surface area contributed by atoms with E-state index in [9.17, 15) is 14.4 Å². The minimum absolute atomic E-state index is 0.124. The van der Waals surface area contributed by atoms with E-state index < -0.39 is 6.04 Å². The van der Waals surface area contributed by atoms with E-state index in [1.54, 1.807) is 4.90 Å². The highest BCUT2D eigenvalue weighted by molar-refractivity contribution is 6.05. The Hall–Kier alpha value is -2.25. The second kappa shape index (κ2) is 8.42. The van der Waals surface area contributed by atoms with Crippen molar-refractivity contribution in [1.82, 2.24) is 20.9 Å². The van der Waals surface area contributed by atoms with E-state index in [1.807, 2.05) is 18.2 Å². The molecule has 1 aromatic carbocycles. The van der Waals surface area contributed by atoms with Gasteiger partial charge in [-0.3, -0.25) is 19.7 Å². The molecular weight excluding hydrogens is 332 g/mol. The molecule has 2 heterocycles. The number of hydrogen-bond donors (Lipinski definition) is 3. The van der Waals surface area contributed by atoms with Crippen molar-refractivity contribution >= 4 is 17.7 Å². The molecule has 1 aromatic rings. The molecule has 3 N–H and O–H groups in total. The molecule has 0 saturated carbocycles. The summed E-state index contributed by atoms with van der Waals surface area (Å²) in [5, 5.41) is 9.02. The third-order valence-corrected chi connectivity index (χ3v) is 4.83. The van der Waals surface area contributed by atoms with E-state index in [1.165, 1.54) is 0 Å². The lowest BCUT2D eigenvalue weighted by Gasteiger charge is -2.29. The van der Waals surface area contributed by atoms with E-state index in [-0.39, 0.29) is 24.1 Å². The minimum Gasteiger partial charge on any atom is -0.322 e. The van der Waals surface area contributed by atoms with Crippen molar-refractivity contribution in [3.05, 3.63) is 34.9 Å². The zero-order valence-electron chi connectivity index (χ0n) is 15.1. The summed E-state index contributed by atoms with van der Waals surface area (Å²) in [6.07, 6.45) is 1.79. The zero-order valence-corrected chi connectivity index (χ0v) is 15.1. The Labute approximate surface area is 153 Å². The molecule has 1 atom stereocenters. The summed E-state index contributed by atoms with van der Waals surface area (Å²) in [7, 11) is 0. The van der Waals surface area contributed by atoms with Gasteiger partial charge in [-0.25, -0.2) is 0 Å². The van der Waals surface area contributed by atoms with E-state index in [2.05, 4.69) is 22.9 Å². The summed E-state index contributed by atoms with van der Waals surface area (Å²) >= 11 is 0. The molecule has 0 aliphatic carbocycles. The van der Waals surface area contributed by atoms with Gasteiger partial charge in [-0.2, -0.15) is 0 Å². The van der Waals surface area contributed by atoms with Crippen molar-refractivity contribution < 1.29 is 14.4 Å². The van der Waals surface area contributed by atoms with Gasteiger partial charge in [0.2, 0.25) is 11.8 Å². The Morgan fingerprint density at radius 1 is 1.15 bits per heavy atom. The highest BCUT2D eigenvalue weighted by atomic mass is 16.2. The molecule has 7 nitrogen and oxygen atoms in total. The van der Waals surface area contributed by atoms with Gasteiger partial charge in [-0.1, -0.05) is 19.1 Å². The molecule has 7 heteroatoms. The van der Waals surface area contributed by atoms with Crippen LogP contribution in [0, 0.1) is 0 Å². The van der Waals surface area contributed by atoms with Gasteiger partial charge in [0.1, 0.15) is 6.04 Å². The first kappa shape index (κ1) is 18.5. The van der Waals surface area contributed by atoms with E-state index in [0.29, 0.717) is 25.1 Å². The number of benzene rings is 1. The minimum atomic E-state index is -0.557. The largest absolute Gasteiger partial charge is 0.322 e. The molecule has 0 aromatic heterocycles. The third-order valence-electron chi connectivity index (χ3n) is 4.83. The van der Waals surface area contributed by atoms with Crippen LogP contribution in [0.3, 0.4) is 0 Å². The van der Waals surface area contributed by atoms with Gasteiger partial charge in [0.05, 0.1) is 0 Å². The van der Waals surface area contributed by atoms with Crippen molar-refractivity contribution in [2.45, 2.75) is 45.3 Å². The first-order valence-corrected chi connectivity index (χ1v) is 9.28. The first-order valence-electron chi connectivity index (χ1n) is 9.28. The molecule has 2 aliphatic rings. The number of imide groups is 1. The number of fused-ring (bicyclic) bond motifs is 1. The summed E-state index contributed by atoms with van der Waals surface area (Å²) in [5.74, 6) is -0.762. The molecule has 0 spiro atoms. The molecule has 140 valence electrons. The van der Waals surface area contributed by atoms with Gasteiger partial charge in [0.25, 0.3) is 5.91 Å². The molecule has 0 radical (unpaired) electrons. The van der Waals surface area contributed by atoms with Crippen LogP contribution in [0.1, 0.15) is 47.7 Å². The number of carbonyl (C=O) groups is 3. The number of carbonyl (C=O) groups excluding carboxylic acids is 3. The van der Waals surface area contributed by atoms with Crippen molar-refractivity contribution in [3.63, 3.8) is 0 Å². The smallest absolute Gasteiger partial charge is 0.255 e. The predicted molar refractivity (Wildman–Crippen MR) is 97.4 cm³/mol. The standard InChI is InChI=1S/C19H26N4O3/c1-2-7-20-8-9-21-11-13-3-4-14-12-23(19(26)15(14)10-13)16-5-6-17(24)22-18(16)25/h3-4,10,16,20-21H,2,5-9,11-12H2,1H3,(H,22,24,25). The summed E-state index contributed by atoms with van der Waals surface area (Å²) in [5.41, 5.74) is 2.66. The van der Waals surface area contributed by atoms with Crippen molar-refractivity contribution in [2.24, 2.45) is 0 Å². The fourth-order valence-corrected chi connectivity index (χ4v) is 3.42. The number of hydrogen-bond acceptors (Lipinski definition) is 5. The Bertz CT molecular complexity index is 704. The Morgan fingerprint density at radius 2 is 1.96 bits per heavy atom. The maximum Gasteiger partial charge on any atom is 0.255 e. The van der Waals surface area contributed by atoms with Crippen LogP contribution in [-0.4, -0.2) is 48.3 Å². The van der Waals surface area contributed by atoms with Gasteiger partial charge >= 0.3 is 0 Å². The quantitative estimate of drug-likeness (QED) is 0.466. The predicted octanol–water partition coefficient (Wildman–Crippen LogP) is 0.537. The van der Waals surface area contributed by atoms with Crippen LogP contribution < -0.4 is 16.0 Å². The highest BCUT2D eigenvalue weighted by Gasteiger charge is 2.38. The summed E-state index contributed by atoms with van der Waals surface area (Å²) < 4.78 is 0. The van der Waals surface area contributed by atoms with E-state index in [0.717, 1.165) is 37.2 Å². The molecule has 1 unspecified atom stereocenters. The van der Waals surface area contributed by atoms with Gasteiger partial charge in [0.15, 0.2) is 0 Å². The Balaban J connectivity index is 1.58. The first-order chi connectivity index (χ1) is 12.6. The molecule has 1 fully saturated rings. The number of amides is 3. The van der Waals surface area contributed by atoms with Crippen LogP contribution in [0.25, 0.3) is 0 Å². The van der Waals surface area contributed by atoms with Gasteiger partial charge in [-0.05, 0) is 36.6 Å². The molecule has 2 aliphatic heterocycles. The van der Waals surface area contributed by atoms with Crippen LogP contribution >= 0.6 is 0 Å². The lowest BCUT2D eigenvalue weighted by Crippen LogP contribution is -2.52.